The van der Waals surface area contributed by atoms with E-state index in [0.29, 0.717) is 0 Å². The van der Waals surface area contributed by atoms with Crippen molar-refractivity contribution in [1.29, 1.82) is 0 Å². The van der Waals surface area contributed by atoms with Gasteiger partial charge in [0.1, 0.15) is 0 Å². The van der Waals surface area contributed by atoms with Crippen molar-refractivity contribution in [2.75, 3.05) is 0 Å². The van der Waals surface area contributed by atoms with Gasteiger partial charge in [0.2, 0.25) is 0 Å². The van der Waals surface area contributed by atoms with Gasteiger partial charge in [0.15, 0.2) is 0 Å². The number of allylic oxidation sites excluding steroid dienone is 3. The summed E-state index contributed by atoms with van der Waals surface area (Å²) in [6.45, 7) is 10.0. The monoisotopic (exact) mass is 530 g/mol. The molecule has 5 heteroatoms. The van der Waals surface area contributed by atoms with Crippen LogP contribution in [0, 0.1) is 7.43 Å². The third-order valence-corrected chi connectivity index (χ3v) is 1.88. The van der Waals surface area contributed by atoms with Crippen LogP contribution in [0.1, 0.15) is 40.3 Å². The number of hydrogen-bond acceptors (Lipinski definition) is 1. The van der Waals surface area contributed by atoms with Crippen LogP contribution >= 0.6 is 0 Å². The summed E-state index contributed by atoms with van der Waals surface area (Å²) in [6, 6.07) is 3.92. The van der Waals surface area contributed by atoms with Crippen LogP contribution in [0.15, 0.2) is 41.2 Å². The Morgan fingerprint density at radius 1 is 1.15 bits per heavy atom. The Balaban J connectivity index is -0.0000000868. The molecule has 0 saturated heterocycles. The molecule has 0 amide bonds. The molecule has 0 bridgehead atoms. The molecule has 0 saturated carbocycles. The van der Waals surface area contributed by atoms with Gasteiger partial charge < -0.3 is 18.6 Å². The number of aliphatic imine (C=N–C) groups is 1. The van der Waals surface area contributed by atoms with Gasteiger partial charge >= 0.3 is 20.1 Å². The first-order valence-electron chi connectivity index (χ1n) is 5.87. The van der Waals surface area contributed by atoms with E-state index in [1.54, 1.807) is 12.4 Å². The molecule has 113 valence electrons. The average molecular weight is 530 g/mol. The number of nitrogens with zero attached hydrogens (tertiary/aromatic N) is 2. The van der Waals surface area contributed by atoms with Crippen LogP contribution in [0.2, 0.25) is 0 Å². The first-order valence-corrected chi connectivity index (χ1v) is 5.87. The minimum atomic E-state index is 0. The maximum atomic E-state index is 4.20. The van der Waals surface area contributed by atoms with E-state index in [0.717, 1.165) is 17.0 Å². The standard InChI is InChI=1S/C10H9N2.2C2H6.CH3.Ir.H2N.Y/c1-8(9-4-2-6-11-9)10-5-3-7-12-10;2*1-2;;;;/h2-7H,1H3;2*1-2H3;1H3;;1H2;/q-1;;;-1;+3;-1;. The quantitative estimate of drug-likeness (QED) is 0.460. The molecule has 0 unspecified atom stereocenters. The molecule has 2 rings (SSSR count). The number of rotatable bonds is 1. The van der Waals surface area contributed by atoms with Gasteiger partial charge in [-0.15, -0.1) is 5.69 Å². The largest absolute Gasteiger partial charge is 3.00 e. The molecule has 1 radical (unpaired) electrons. The molecule has 1 aromatic rings. The molecule has 0 aromatic carbocycles. The van der Waals surface area contributed by atoms with Crippen molar-refractivity contribution in [2.24, 2.45) is 4.99 Å². The SMILES string of the molecule is CC.CC.CC(=C1C=CC=N1)c1ccc[n-]1.[CH3-].[Ir+3].[NH2-].[Y]. The van der Waals surface area contributed by atoms with Crippen LogP contribution in [-0.2, 0) is 52.8 Å². The van der Waals surface area contributed by atoms with Gasteiger partial charge in [-0.2, -0.15) is 6.20 Å². The Morgan fingerprint density at radius 3 is 2.05 bits per heavy atom. The first kappa shape index (κ1) is 32.2. The summed E-state index contributed by atoms with van der Waals surface area (Å²) in [5.41, 5.74) is 3.15. The van der Waals surface area contributed by atoms with E-state index in [1.807, 2.05) is 58.9 Å². The second-order valence-electron chi connectivity index (χ2n) is 2.67. The fourth-order valence-corrected chi connectivity index (χ4v) is 1.18. The van der Waals surface area contributed by atoms with Crippen molar-refractivity contribution in [3.63, 3.8) is 0 Å². The van der Waals surface area contributed by atoms with E-state index in [2.05, 4.69) is 9.98 Å². The summed E-state index contributed by atoms with van der Waals surface area (Å²) in [5.74, 6) is 0. The van der Waals surface area contributed by atoms with Crippen molar-refractivity contribution in [1.82, 2.24) is 4.98 Å². The molecular formula is C15H26IrN3Y. The summed E-state index contributed by atoms with van der Waals surface area (Å²) >= 11 is 0. The van der Waals surface area contributed by atoms with Gasteiger partial charge in [-0.1, -0.05) is 39.8 Å². The summed E-state index contributed by atoms with van der Waals surface area (Å²) in [5, 5.41) is 0. The Bertz CT molecular complexity index is 354. The van der Waals surface area contributed by atoms with Gasteiger partial charge in [-0.25, -0.2) is 0 Å². The fraction of sp³-hybridized carbons (Fsp3) is 0.333. The van der Waals surface area contributed by atoms with Crippen molar-refractivity contribution in [3.8, 4) is 0 Å². The van der Waals surface area contributed by atoms with E-state index < -0.39 is 0 Å². The van der Waals surface area contributed by atoms with Crippen molar-refractivity contribution < 1.29 is 52.8 Å². The van der Waals surface area contributed by atoms with Gasteiger partial charge in [0.25, 0.3) is 0 Å². The van der Waals surface area contributed by atoms with Crippen LogP contribution in [0.4, 0.5) is 0 Å². The third kappa shape index (κ3) is 10.9. The van der Waals surface area contributed by atoms with Gasteiger partial charge in [-0.05, 0) is 24.6 Å². The topological polar surface area (TPSA) is 60.0 Å². The Kier molecular flexibility index (Phi) is 34.5. The van der Waals surface area contributed by atoms with Gasteiger partial charge in [0.05, 0.1) is 5.70 Å². The molecule has 2 heterocycles. The van der Waals surface area contributed by atoms with Crippen molar-refractivity contribution >= 4 is 11.8 Å². The Labute approximate surface area is 163 Å². The maximum Gasteiger partial charge on any atom is 3.00 e. The molecule has 1 aromatic heterocycles. The molecule has 0 spiro atoms. The number of aromatic nitrogens is 1. The summed E-state index contributed by atoms with van der Waals surface area (Å²) < 4.78 is 0. The van der Waals surface area contributed by atoms with Crippen LogP contribution in [0.5, 0.6) is 0 Å². The average Bonchev–Trinajstić information content (AvgIpc) is 3.06. The van der Waals surface area contributed by atoms with E-state index in [9.17, 15) is 0 Å². The van der Waals surface area contributed by atoms with Crippen LogP contribution in [0.3, 0.4) is 0 Å². The zero-order valence-corrected chi connectivity index (χ0v) is 18.6. The summed E-state index contributed by atoms with van der Waals surface area (Å²) in [7, 11) is 0. The van der Waals surface area contributed by atoms with Gasteiger partial charge in [0, 0.05) is 38.9 Å². The summed E-state index contributed by atoms with van der Waals surface area (Å²) in [6.07, 6.45) is 7.51. The second-order valence-corrected chi connectivity index (χ2v) is 2.67. The molecule has 1 aliphatic heterocycles. The Morgan fingerprint density at radius 2 is 1.70 bits per heavy atom. The van der Waals surface area contributed by atoms with E-state index in [4.69, 9.17) is 0 Å². The zero-order valence-electron chi connectivity index (χ0n) is 13.3. The molecule has 2 N–H and O–H groups in total. The predicted molar refractivity (Wildman–Crippen MR) is 84.4 cm³/mol. The van der Waals surface area contributed by atoms with Crippen LogP contribution in [0.25, 0.3) is 11.7 Å². The smallest absolute Gasteiger partial charge is 0.693 e. The Hall–Kier alpha value is 0.143. The minimum Gasteiger partial charge on any atom is -0.693 e. The molecule has 3 nitrogen and oxygen atoms in total. The van der Waals surface area contributed by atoms with Crippen molar-refractivity contribution in [3.05, 3.63) is 55.4 Å². The molecule has 0 aliphatic carbocycles. The van der Waals surface area contributed by atoms with E-state index in [-0.39, 0.29) is 66.4 Å². The summed E-state index contributed by atoms with van der Waals surface area (Å²) in [4.78, 5) is 8.39. The van der Waals surface area contributed by atoms with E-state index in [1.165, 1.54) is 0 Å². The zero-order chi connectivity index (χ0) is 12.4. The number of nitrogens with two attached hydrogens (primary N) is 1. The fourth-order valence-electron chi connectivity index (χ4n) is 1.18. The van der Waals surface area contributed by atoms with Crippen molar-refractivity contribution in [2.45, 2.75) is 34.6 Å². The minimum absolute atomic E-state index is 0. The normalized spacial score (nSPS) is 11.8. The van der Waals surface area contributed by atoms with Crippen LogP contribution < -0.4 is 4.98 Å². The third-order valence-electron chi connectivity index (χ3n) is 1.88. The predicted octanol–water partition coefficient (Wildman–Crippen LogP) is 5.23. The second kappa shape index (κ2) is 21.4. The first-order chi connectivity index (χ1) is 7.88. The van der Waals surface area contributed by atoms with E-state index >= 15 is 0 Å². The maximum absolute atomic E-state index is 4.20. The number of hydrogen-bond donors (Lipinski definition) is 0. The molecular weight excluding hydrogens is 503 g/mol. The van der Waals surface area contributed by atoms with Crippen LogP contribution in [-0.4, -0.2) is 6.21 Å². The van der Waals surface area contributed by atoms with Gasteiger partial charge in [-0.3, -0.25) is 4.99 Å². The molecule has 20 heavy (non-hydrogen) atoms. The molecule has 1 aliphatic rings. The molecule has 0 atom stereocenters. The molecule has 0 fully saturated rings.